The molecule has 146 valence electrons. The molecule has 0 unspecified atom stereocenters. The number of hydrogen-bond acceptors (Lipinski definition) is 4. The molecule has 3 heterocycles. The quantitative estimate of drug-likeness (QED) is 0.716. The van der Waals surface area contributed by atoms with Gasteiger partial charge in [-0.25, -0.2) is 9.07 Å². The predicted octanol–water partition coefficient (Wildman–Crippen LogP) is 1.89. The Morgan fingerprint density at radius 3 is 2.71 bits per heavy atom. The van der Waals surface area contributed by atoms with Gasteiger partial charge in [0.15, 0.2) is 6.61 Å². The first kappa shape index (κ1) is 18.6. The van der Waals surface area contributed by atoms with Gasteiger partial charge in [0, 0.05) is 11.6 Å². The Hall–Kier alpha value is -2.76. The highest BCUT2D eigenvalue weighted by molar-refractivity contribution is 6.32. The summed E-state index contributed by atoms with van der Waals surface area (Å²) < 4.78 is 28.7. The third-order valence-corrected chi connectivity index (χ3v) is 5.13. The van der Waals surface area contributed by atoms with Crippen LogP contribution < -0.4 is 15.2 Å². The summed E-state index contributed by atoms with van der Waals surface area (Å²) in [6.07, 6.45) is 0. The Bertz CT molecular complexity index is 1080. The molecule has 0 bridgehead atoms. The summed E-state index contributed by atoms with van der Waals surface area (Å²) >= 11 is 6.44. The van der Waals surface area contributed by atoms with Crippen molar-refractivity contribution in [2.45, 2.75) is 20.0 Å². The predicted molar refractivity (Wildman–Crippen MR) is 101 cm³/mol. The third kappa shape index (κ3) is 2.97. The van der Waals surface area contributed by atoms with Crippen LogP contribution in [-0.2, 0) is 22.6 Å². The number of benzene rings is 1. The van der Waals surface area contributed by atoms with E-state index in [-0.39, 0.29) is 41.1 Å². The van der Waals surface area contributed by atoms with Crippen LogP contribution in [0.1, 0.15) is 6.92 Å². The summed E-state index contributed by atoms with van der Waals surface area (Å²) in [5.41, 5.74) is 0.0387. The molecule has 0 fully saturated rings. The monoisotopic (exact) mass is 405 g/mol. The van der Waals surface area contributed by atoms with E-state index in [1.54, 1.807) is 11.6 Å². The molecule has 7 nitrogen and oxygen atoms in total. The molecule has 0 saturated carbocycles. The van der Waals surface area contributed by atoms with Crippen LogP contribution >= 0.6 is 11.6 Å². The number of carbonyl (C=O) groups is 1. The fourth-order valence-electron chi connectivity index (χ4n) is 3.38. The zero-order chi connectivity index (χ0) is 19.8. The molecule has 2 aliphatic rings. The Kier molecular flexibility index (Phi) is 4.87. The second-order valence-electron chi connectivity index (χ2n) is 6.32. The van der Waals surface area contributed by atoms with Gasteiger partial charge in [-0.2, -0.15) is 0 Å². The van der Waals surface area contributed by atoms with E-state index in [4.69, 9.17) is 21.1 Å². The lowest BCUT2D eigenvalue weighted by Gasteiger charge is -2.28. The summed E-state index contributed by atoms with van der Waals surface area (Å²) in [7, 11) is 0. The molecule has 28 heavy (non-hydrogen) atoms. The van der Waals surface area contributed by atoms with Gasteiger partial charge in [-0.3, -0.25) is 19.2 Å². The molecule has 4 rings (SSSR count). The van der Waals surface area contributed by atoms with Crippen LogP contribution in [0.4, 0.5) is 10.1 Å². The van der Waals surface area contributed by atoms with Crippen molar-refractivity contribution in [2.75, 3.05) is 31.3 Å². The Morgan fingerprint density at radius 2 is 1.96 bits per heavy atom. The molecule has 1 amide bonds. The summed E-state index contributed by atoms with van der Waals surface area (Å²) in [5, 5.41) is 0.136. The average molecular weight is 406 g/mol. The number of ether oxygens (including phenoxy) is 2. The van der Waals surface area contributed by atoms with Gasteiger partial charge in [0.05, 0.1) is 44.1 Å². The van der Waals surface area contributed by atoms with Crippen molar-refractivity contribution >= 4 is 23.2 Å². The van der Waals surface area contributed by atoms with Crippen LogP contribution in [0.5, 0.6) is 5.75 Å². The number of halogens is 2. The fraction of sp³-hybridized carbons (Fsp3) is 0.368. The van der Waals surface area contributed by atoms with E-state index in [0.29, 0.717) is 32.0 Å². The van der Waals surface area contributed by atoms with E-state index in [1.165, 1.54) is 21.7 Å². The molecule has 0 aliphatic carbocycles. The SMILES string of the molecule is CC#CCN1C(=O)COc2cc(F)c(-c3c(Cl)n4n(c3=O)CCOCC4)cc21. The normalized spacial score (nSPS) is 15.8. The first-order valence-electron chi connectivity index (χ1n) is 8.76. The molecular formula is C19H17ClFN3O4. The zero-order valence-corrected chi connectivity index (χ0v) is 15.9. The Morgan fingerprint density at radius 1 is 1.21 bits per heavy atom. The second kappa shape index (κ2) is 7.34. The number of nitrogens with zero attached hydrogens (tertiary/aromatic N) is 3. The first-order chi connectivity index (χ1) is 13.5. The lowest BCUT2D eigenvalue weighted by atomic mass is 10.1. The minimum Gasteiger partial charge on any atom is -0.481 e. The number of anilines is 1. The number of amides is 1. The molecule has 1 aromatic heterocycles. The number of carbonyl (C=O) groups excluding carboxylic acids is 1. The van der Waals surface area contributed by atoms with E-state index in [2.05, 4.69) is 11.8 Å². The van der Waals surface area contributed by atoms with Gasteiger partial charge in [-0.05, 0) is 13.0 Å². The molecule has 1 aromatic carbocycles. The van der Waals surface area contributed by atoms with Crippen molar-refractivity contribution in [1.82, 2.24) is 9.36 Å². The fourth-order valence-corrected chi connectivity index (χ4v) is 3.74. The maximum Gasteiger partial charge on any atom is 0.276 e. The summed E-state index contributed by atoms with van der Waals surface area (Å²) in [6, 6.07) is 2.61. The maximum absolute atomic E-state index is 14.9. The third-order valence-electron chi connectivity index (χ3n) is 4.74. The van der Waals surface area contributed by atoms with Crippen molar-refractivity contribution in [3.8, 4) is 28.7 Å². The topological polar surface area (TPSA) is 65.7 Å². The summed E-state index contributed by atoms with van der Waals surface area (Å²) in [6.45, 7) is 3.12. The molecular weight excluding hydrogens is 389 g/mol. The van der Waals surface area contributed by atoms with Crippen LogP contribution in [0.15, 0.2) is 16.9 Å². The largest absolute Gasteiger partial charge is 0.481 e. The molecule has 2 aliphatic heterocycles. The van der Waals surface area contributed by atoms with Crippen LogP contribution in [-0.4, -0.2) is 41.6 Å². The molecule has 0 radical (unpaired) electrons. The average Bonchev–Trinajstić information content (AvgIpc) is 2.85. The smallest absolute Gasteiger partial charge is 0.276 e. The van der Waals surface area contributed by atoms with E-state index < -0.39 is 11.4 Å². The highest BCUT2D eigenvalue weighted by Gasteiger charge is 2.30. The van der Waals surface area contributed by atoms with Crippen LogP contribution in [0.3, 0.4) is 0 Å². The van der Waals surface area contributed by atoms with E-state index in [9.17, 15) is 14.0 Å². The van der Waals surface area contributed by atoms with Gasteiger partial charge < -0.3 is 9.47 Å². The van der Waals surface area contributed by atoms with Crippen LogP contribution in [0.2, 0.25) is 5.15 Å². The van der Waals surface area contributed by atoms with Crippen molar-refractivity contribution in [3.05, 3.63) is 33.5 Å². The minimum atomic E-state index is -0.647. The maximum atomic E-state index is 14.9. The number of hydrogen-bond donors (Lipinski definition) is 0. The van der Waals surface area contributed by atoms with Gasteiger partial charge >= 0.3 is 0 Å². The molecule has 0 saturated heterocycles. The van der Waals surface area contributed by atoms with Crippen LogP contribution in [0.25, 0.3) is 11.1 Å². The molecule has 0 N–H and O–H groups in total. The standard InChI is InChI=1S/C19H17ClFN3O4/c1-2-3-4-22-14-9-12(13(21)10-15(14)28-11-16(22)25)17-18(20)23-5-7-27-8-6-24(23)19(17)26/h9-10H,4-8,11H2,1H3. The van der Waals surface area contributed by atoms with Crippen molar-refractivity contribution < 1.29 is 18.7 Å². The van der Waals surface area contributed by atoms with Gasteiger partial charge in [-0.1, -0.05) is 17.5 Å². The number of aromatic nitrogens is 2. The van der Waals surface area contributed by atoms with Crippen molar-refractivity contribution in [1.29, 1.82) is 0 Å². The van der Waals surface area contributed by atoms with E-state index in [1.807, 2.05) is 0 Å². The van der Waals surface area contributed by atoms with Crippen molar-refractivity contribution in [2.24, 2.45) is 0 Å². The Balaban J connectivity index is 1.88. The molecule has 0 atom stereocenters. The van der Waals surface area contributed by atoms with Gasteiger partial charge in [0.25, 0.3) is 11.5 Å². The zero-order valence-electron chi connectivity index (χ0n) is 15.1. The van der Waals surface area contributed by atoms with Crippen LogP contribution in [0, 0.1) is 17.7 Å². The lowest BCUT2D eigenvalue weighted by molar-refractivity contribution is -0.121. The summed E-state index contributed by atoms with van der Waals surface area (Å²) in [4.78, 5) is 26.6. The van der Waals surface area contributed by atoms with E-state index >= 15 is 0 Å². The second-order valence-corrected chi connectivity index (χ2v) is 6.68. The van der Waals surface area contributed by atoms with Crippen molar-refractivity contribution in [3.63, 3.8) is 0 Å². The number of fused-ring (bicyclic) bond motifs is 2. The van der Waals surface area contributed by atoms with E-state index in [0.717, 1.165) is 0 Å². The highest BCUT2D eigenvalue weighted by Crippen LogP contribution is 2.39. The molecule has 0 spiro atoms. The minimum absolute atomic E-state index is 0.0236. The van der Waals surface area contributed by atoms with Gasteiger partial charge in [-0.15, -0.1) is 5.92 Å². The Labute approximate surface area is 165 Å². The molecule has 2 aromatic rings. The lowest BCUT2D eigenvalue weighted by Crippen LogP contribution is -2.39. The highest BCUT2D eigenvalue weighted by atomic mass is 35.5. The molecule has 9 heteroatoms. The summed E-state index contributed by atoms with van der Waals surface area (Å²) in [5.74, 6) is 4.85. The van der Waals surface area contributed by atoms with Gasteiger partial charge in [0.1, 0.15) is 16.7 Å². The van der Waals surface area contributed by atoms with Gasteiger partial charge in [0.2, 0.25) is 0 Å². The first-order valence-corrected chi connectivity index (χ1v) is 9.14. The number of rotatable bonds is 2.